The van der Waals surface area contributed by atoms with Gasteiger partial charge in [-0.2, -0.15) is 0 Å². The highest BCUT2D eigenvalue weighted by Gasteiger charge is 2.27. The summed E-state index contributed by atoms with van der Waals surface area (Å²) in [5, 5.41) is 19.4. The van der Waals surface area contributed by atoms with Gasteiger partial charge >= 0.3 is 5.97 Å². The minimum Gasteiger partial charge on any atom is -0.479 e. The average Bonchev–Trinajstić information content (AvgIpc) is 2.64. The minimum absolute atomic E-state index is 0.490. The number of aliphatic hydroxyl groups is 1. The van der Waals surface area contributed by atoms with Crippen LogP contribution in [0.5, 0.6) is 0 Å². The second kappa shape index (κ2) is 9.45. The lowest BCUT2D eigenvalue weighted by Crippen LogP contribution is -2.43. The van der Waals surface area contributed by atoms with Crippen LogP contribution in [-0.2, 0) is 11.3 Å². The van der Waals surface area contributed by atoms with Gasteiger partial charge in [-0.3, -0.25) is 0 Å². The molecule has 0 saturated carbocycles. The van der Waals surface area contributed by atoms with Gasteiger partial charge in [-0.05, 0) is 24.1 Å². The van der Waals surface area contributed by atoms with Crippen LogP contribution in [0.1, 0.15) is 18.1 Å². The smallest absolute Gasteiger partial charge is 0.335 e. The molecular weight excluding hydrogens is 314 g/mol. The summed E-state index contributed by atoms with van der Waals surface area (Å²) in [6, 6.07) is 18.9. The van der Waals surface area contributed by atoms with Gasteiger partial charge in [-0.15, -0.1) is 0 Å². The van der Waals surface area contributed by atoms with E-state index in [0.717, 1.165) is 11.1 Å². The molecule has 0 aliphatic carbocycles. The van der Waals surface area contributed by atoms with Gasteiger partial charge in [-0.25, -0.2) is 4.79 Å². The Bertz CT molecular complexity index is 710. The molecule has 2 atom stereocenters. The summed E-state index contributed by atoms with van der Waals surface area (Å²) >= 11 is 0. The molecule has 2 aromatic carbocycles. The third kappa shape index (κ3) is 5.62. The van der Waals surface area contributed by atoms with Crippen LogP contribution in [0, 0.1) is 0 Å². The Morgan fingerprint density at radius 3 is 2.24 bits per heavy atom. The number of carboxylic acid groups (broad SMARTS) is 1. The van der Waals surface area contributed by atoms with Crippen LogP contribution in [0.25, 0.3) is 6.08 Å². The highest BCUT2D eigenvalue weighted by Crippen LogP contribution is 2.15. The van der Waals surface area contributed by atoms with Gasteiger partial charge < -0.3 is 15.1 Å². The van der Waals surface area contributed by atoms with Crippen molar-refractivity contribution in [1.29, 1.82) is 0 Å². The van der Waals surface area contributed by atoms with E-state index in [1.807, 2.05) is 84.8 Å². The highest BCUT2D eigenvalue weighted by molar-refractivity contribution is 5.73. The quantitative estimate of drug-likeness (QED) is 0.723. The molecule has 0 spiro atoms. The number of hydrogen-bond acceptors (Lipinski definition) is 3. The molecule has 0 aromatic heterocycles. The van der Waals surface area contributed by atoms with E-state index in [9.17, 15) is 15.0 Å². The summed E-state index contributed by atoms with van der Waals surface area (Å²) in [4.78, 5) is 13.1. The molecule has 4 heteroatoms. The lowest BCUT2D eigenvalue weighted by molar-refractivity contribution is -0.148. The first-order valence-electron chi connectivity index (χ1n) is 8.18. The lowest BCUT2D eigenvalue weighted by atomic mass is 10.1. The Morgan fingerprint density at radius 1 is 1.08 bits per heavy atom. The van der Waals surface area contributed by atoms with Gasteiger partial charge in [0.15, 0.2) is 6.10 Å². The summed E-state index contributed by atoms with van der Waals surface area (Å²) < 4.78 is 0. The summed E-state index contributed by atoms with van der Waals surface area (Å²) in [6.07, 6.45) is 5.69. The van der Waals surface area contributed by atoms with Crippen LogP contribution in [0.2, 0.25) is 0 Å². The number of benzene rings is 2. The summed E-state index contributed by atoms with van der Waals surface area (Å²) in [7, 11) is 0. The average molecular weight is 337 g/mol. The van der Waals surface area contributed by atoms with Crippen molar-refractivity contribution in [3.63, 3.8) is 0 Å². The maximum Gasteiger partial charge on any atom is 0.335 e. The molecule has 1 unspecified atom stereocenters. The molecule has 0 aliphatic heterocycles. The van der Waals surface area contributed by atoms with E-state index in [1.165, 1.54) is 0 Å². The Morgan fingerprint density at radius 2 is 1.68 bits per heavy atom. The molecule has 0 saturated heterocycles. The first-order chi connectivity index (χ1) is 12.1. The Labute approximate surface area is 148 Å². The van der Waals surface area contributed by atoms with E-state index >= 15 is 0 Å². The summed E-state index contributed by atoms with van der Waals surface area (Å²) in [5.74, 6) is -1.24. The van der Waals surface area contributed by atoms with Gasteiger partial charge in [0.2, 0.25) is 0 Å². The van der Waals surface area contributed by atoms with Crippen molar-refractivity contribution < 1.29 is 15.0 Å². The topological polar surface area (TPSA) is 60.8 Å². The van der Waals surface area contributed by atoms with E-state index in [1.54, 1.807) is 12.2 Å². The Kier molecular flexibility index (Phi) is 6.99. The number of carboxylic acids is 1. The monoisotopic (exact) mass is 337 g/mol. The molecule has 0 heterocycles. The number of nitrogens with zero attached hydrogens (tertiary/aromatic N) is 1. The Balaban J connectivity index is 2.32. The van der Waals surface area contributed by atoms with Crippen molar-refractivity contribution in [2.45, 2.75) is 25.6 Å². The van der Waals surface area contributed by atoms with Gasteiger partial charge in [0.25, 0.3) is 0 Å². The maximum absolute atomic E-state index is 11.3. The summed E-state index contributed by atoms with van der Waals surface area (Å²) in [5.41, 5.74) is 2.04. The van der Waals surface area contributed by atoms with Gasteiger partial charge in [-0.1, -0.05) is 72.8 Å². The zero-order valence-corrected chi connectivity index (χ0v) is 14.2. The molecule has 2 N–H and O–H groups in total. The van der Waals surface area contributed by atoms with Crippen molar-refractivity contribution >= 4 is 12.0 Å². The van der Waals surface area contributed by atoms with Crippen LogP contribution >= 0.6 is 0 Å². The van der Waals surface area contributed by atoms with E-state index in [-0.39, 0.29) is 0 Å². The molecule has 0 aliphatic rings. The molecule has 0 radical (unpaired) electrons. The van der Waals surface area contributed by atoms with E-state index in [4.69, 9.17) is 0 Å². The lowest BCUT2D eigenvalue weighted by Gasteiger charge is -2.30. The highest BCUT2D eigenvalue weighted by atomic mass is 16.4. The van der Waals surface area contributed by atoms with Crippen LogP contribution in [0.3, 0.4) is 0 Å². The van der Waals surface area contributed by atoms with Crippen molar-refractivity contribution in [2.24, 2.45) is 0 Å². The van der Waals surface area contributed by atoms with Crippen LogP contribution in [0.4, 0.5) is 0 Å². The predicted octanol–water partition coefficient (Wildman–Crippen LogP) is 3.55. The first-order valence-corrected chi connectivity index (χ1v) is 8.18. The van der Waals surface area contributed by atoms with Crippen LogP contribution < -0.4 is 0 Å². The van der Waals surface area contributed by atoms with Crippen molar-refractivity contribution in [3.8, 4) is 0 Å². The fourth-order valence-electron chi connectivity index (χ4n) is 2.54. The molecule has 0 fully saturated rings. The number of aliphatic carboxylic acids is 1. The summed E-state index contributed by atoms with van der Waals surface area (Å²) in [6.45, 7) is 2.30. The zero-order chi connectivity index (χ0) is 18.1. The number of rotatable bonds is 8. The number of allylic oxidation sites excluding steroid dienone is 1. The molecule has 0 amide bonds. The van der Waals surface area contributed by atoms with E-state index in [2.05, 4.69) is 0 Å². The maximum atomic E-state index is 11.3. The minimum atomic E-state index is -1.51. The van der Waals surface area contributed by atoms with E-state index < -0.39 is 18.1 Å². The fourth-order valence-corrected chi connectivity index (χ4v) is 2.54. The molecular formula is C21H23NO3. The number of hydrogen-bond donors (Lipinski definition) is 2. The fraction of sp³-hybridized carbons (Fsp3) is 0.190. The standard InChI is InChI=1S/C21H23NO3/c1-2-9-19(20(23)21(24)25)22(16-18-12-7-4-8-13-18)15-14-17-10-5-3-6-11-17/h2-15,19-20,23H,16H2,1H3,(H,24,25)/t19-,20?/m0/s1. The molecule has 25 heavy (non-hydrogen) atoms. The van der Waals surface area contributed by atoms with Crippen LogP contribution in [0.15, 0.2) is 79.0 Å². The molecule has 4 nitrogen and oxygen atoms in total. The van der Waals surface area contributed by atoms with E-state index in [0.29, 0.717) is 6.54 Å². The van der Waals surface area contributed by atoms with Gasteiger partial charge in [0.05, 0.1) is 6.04 Å². The largest absolute Gasteiger partial charge is 0.479 e. The SMILES string of the molecule is CC=C[C@@H](C(O)C(=O)O)N(C=Cc1ccccc1)Cc1ccccc1. The molecule has 2 rings (SSSR count). The normalized spacial score (nSPS) is 13.8. The van der Waals surface area contributed by atoms with Crippen molar-refractivity contribution in [3.05, 3.63) is 90.1 Å². The zero-order valence-electron chi connectivity index (χ0n) is 14.2. The third-order valence-electron chi connectivity index (χ3n) is 3.82. The number of carbonyl (C=O) groups is 1. The second-order valence-electron chi connectivity index (χ2n) is 5.68. The molecule has 2 aromatic rings. The molecule has 0 bridgehead atoms. The predicted molar refractivity (Wildman–Crippen MR) is 99.7 cm³/mol. The van der Waals surface area contributed by atoms with Gasteiger partial charge in [0.1, 0.15) is 0 Å². The number of aliphatic hydroxyl groups excluding tert-OH is 1. The Hall–Kier alpha value is -2.85. The second-order valence-corrected chi connectivity index (χ2v) is 5.68. The van der Waals surface area contributed by atoms with Crippen LogP contribution in [-0.4, -0.2) is 33.2 Å². The third-order valence-corrected chi connectivity index (χ3v) is 3.82. The van der Waals surface area contributed by atoms with Crippen molar-refractivity contribution in [1.82, 2.24) is 4.90 Å². The molecule has 130 valence electrons. The van der Waals surface area contributed by atoms with Crippen molar-refractivity contribution in [2.75, 3.05) is 0 Å². The first kappa shape index (κ1) is 18.5. The van der Waals surface area contributed by atoms with Gasteiger partial charge in [0, 0.05) is 12.7 Å².